The molecule has 212 valence electrons. The van der Waals surface area contributed by atoms with E-state index in [-0.39, 0.29) is 17.9 Å². The van der Waals surface area contributed by atoms with Gasteiger partial charge in [-0.25, -0.2) is 0 Å². The Labute approximate surface area is 240 Å². The van der Waals surface area contributed by atoms with E-state index in [0.29, 0.717) is 12.4 Å². The number of ether oxygens (including phenoxy) is 3. The van der Waals surface area contributed by atoms with Gasteiger partial charge < -0.3 is 29.5 Å². The molecule has 0 saturated carbocycles. The molecular weight excluding hydrogens is 516 g/mol. The van der Waals surface area contributed by atoms with Crippen LogP contribution in [-0.2, 0) is 21.5 Å². The van der Waals surface area contributed by atoms with Crippen molar-refractivity contribution in [2.45, 2.75) is 62.5 Å². The fourth-order valence-corrected chi connectivity index (χ4v) is 6.03. The second-order valence-corrected chi connectivity index (χ2v) is 11.4. The maximum atomic E-state index is 10.9. The average molecular weight is 553 g/mol. The Bertz CT molecular complexity index is 1420. The van der Waals surface area contributed by atoms with Crippen LogP contribution in [0.25, 0.3) is 0 Å². The van der Waals surface area contributed by atoms with Crippen LogP contribution in [0.2, 0.25) is 0 Å². The lowest BCUT2D eigenvalue weighted by Gasteiger charge is -2.25. The van der Waals surface area contributed by atoms with Gasteiger partial charge in [0.1, 0.15) is 30.2 Å². The van der Waals surface area contributed by atoms with E-state index in [1.807, 2.05) is 72.8 Å². The van der Waals surface area contributed by atoms with Gasteiger partial charge in [-0.2, -0.15) is 0 Å². The number of fused-ring (bicyclic) bond motifs is 1. The predicted molar refractivity (Wildman–Crippen MR) is 156 cm³/mol. The Morgan fingerprint density at radius 3 is 1.98 bits per heavy atom. The summed E-state index contributed by atoms with van der Waals surface area (Å²) >= 11 is 0. The van der Waals surface area contributed by atoms with Gasteiger partial charge in [-0.1, -0.05) is 111 Å². The van der Waals surface area contributed by atoms with Crippen molar-refractivity contribution in [3.8, 4) is 5.75 Å². The van der Waals surface area contributed by atoms with Gasteiger partial charge in [0.2, 0.25) is 6.29 Å². The molecule has 5 atom stereocenters. The van der Waals surface area contributed by atoms with E-state index < -0.39 is 30.7 Å². The second kappa shape index (κ2) is 11.4. The van der Waals surface area contributed by atoms with Crippen LogP contribution >= 0.6 is 0 Å². The summed E-state index contributed by atoms with van der Waals surface area (Å²) in [5.74, 6) is 0.471. The molecule has 0 amide bonds. The molecule has 41 heavy (non-hydrogen) atoms. The lowest BCUT2D eigenvalue weighted by molar-refractivity contribution is -0.142. The molecule has 0 unspecified atom stereocenters. The summed E-state index contributed by atoms with van der Waals surface area (Å²) in [6.07, 6.45) is -6.05. The molecule has 3 N–H and O–H groups in total. The third-order valence-corrected chi connectivity index (χ3v) is 8.27. The molecule has 4 aromatic carbocycles. The highest BCUT2D eigenvalue weighted by atomic mass is 16.7. The number of hydrogen-bond acceptors (Lipinski definition) is 6. The van der Waals surface area contributed by atoms with Gasteiger partial charge in [0.15, 0.2) is 0 Å². The number of benzene rings is 4. The monoisotopic (exact) mass is 552 g/mol. The lowest BCUT2D eigenvalue weighted by atomic mass is 9.83. The molecular formula is C35H36O6. The van der Waals surface area contributed by atoms with Crippen molar-refractivity contribution in [1.29, 1.82) is 0 Å². The molecule has 1 heterocycles. The largest absolute Gasteiger partial charge is 0.462 e. The molecule has 1 aliphatic heterocycles. The van der Waals surface area contributed by atoms with E-state index in [1.54, 1.807) is 0 Å². The summed E-state index contributed by atoms with van der Waals surface area (Å²) in [5, 5.41) is 32.5. The van der Waals surface area contributed by atoms with Gasteiger partial charge in [-0.15, -0.1) is 0 Å². The topological polar surface area (TPSA) is 88.4 Å². The number of aliphatic hydroxyl groups is 3. The van der Waals surface area contributed by atoms with Crippen molar-refractivity contribution >= 4 is 0 Å². The molecule has 0 aromatic heterocycles. The van der Waals surface area contributed by atoms with Crippen molar-refractivity contribution in [3.63, 3.8) is 0 Å². The fraction of sp³-hybridized carbons (Fsp3) is 0.314. The first-order chi connectivity index (χ1) is 19.9. The third-order valence-electron chi connectivity index (χ3n) is 8.27. The summed E-state index contributed by atoms with van der Waals surface area (Å²) in [4.78, 5) is 0. The van der Waals surface area contributed by atoms with Crippen LogP contribution in [-0.4, -0.2) is 52.6 Å². The van der Waals surface area contributed by atoms with Crippen molar-refractivity contribution < 1.29 is 29.5 Å². The van der Waals surface area contributed by atoms with Gasteiger partial charge in [0.25, 0.3) is 0 Å². The van der Waals surface area contributed by atoms with Crippen molar-refractivity contribution in [2.24, 2.45) is 0 Å². The molecule has 0 radical (unpaired) electrons. The van der Waals surface area contributed by atoms with Crippen LogP contribution in [0.3, 0.4) is 0 Å². The first-order valence-corrected chi connectivity index (χ1v) is 14.1. The maximum Gasteiger partial charge on any atom is 0.229 e. The maximum absolute atomic E-state index is 10.9. The zero-order valence-electron chi connectivity index (χ0n) is 23.3. The number of rotatable bonds is 10. The number of hydrogen-bond donors (Lipinski definition) is 3. The second-order valence-electron chi connectivity index (χ2n) is 11.4. The van der Waals surface area contributed by atoms with E-state index in [1.165, 1.54) is 11.1 Å². The zero-order valence-corrected chi connectivity index (χ0v) is 23.3. The van der Waals surface area contributed by atoms with E-state index in [2.05, 4.69) is 44.2 Å². The van der Waals surface area contributed by atoms with Crippen molar-refractivity contribution in [2.75, 3.05) is 6.61 Å². The van der Waals surface area contributed by atoms with E-state index >= 15 is 0 Å². The fourth-order valence-electron chi connectivity index (χ4n) is 6.03. The average Bonchev–Trinajstić information content (AvgIpc) is 3.45. The van der Waals surface area contributed by atoms with E-state index in [4.69, 9.17) is 14.2 Å². The highest BCUT2D eigenvalue weighted by Crippen LogP contribution is 2.57. The predicted octanol–water partition coefficient (Wildman–Crippen LogP) is 4.91. The minimum absolute atomic E-state index is 0.0571. The van der Waals surface area contributed by atoms with E-state index in [0.717, 1.165) is 22.3 Å². The Morgan fingerprint density at radius 2 is 1.37 bits per heavy atom. The highest BCUT2D eigenvalue weighted by Gasteiger charge is 2.50. The molecule has 6 nitrogen and oxygen atoms in total. The quantitative estimate of drug-likeness (QED) is 0.243. The smallest absolute Gasteiger partial charge is 0.229 e. The SMILES string of the molecule is CC1(C)c2ccc(O[C@H]3O[C@H]([C@H](O)COCc4ccccc4)[C@H](O)[C@@H]3O)c(C(c3ccccc3)c3ccccc3)c21. The summed E-state index contributed by atoms with van der Waals surface area (Å²) in [6, 6.07) is 34.2. The molecule has 2 aliphatic rings. The zero-order chi connectivity index (χ0) is 28.6. The van der Waals surface area contributed by atoms with Crippen LogP contribution in [0.5, 0.6) is 5.75 Å². The molecule has 1 fully saturated rings. The third kappa shape index (κ3) is 5.42. The number of aliphatic hydroxyl groups excluding tert-OH is 3. The van der Waals surface area contributed by atoms with Crippen LogP contribution in [0, 0.1) is 0 Å². The van der Waals surface area contributed by atoms with Crippen molar-refractivity contribution in [1.82, 2.24) is 0 Å². The first-order valence-electron chi connectivity index (χ1n) is 14.1. The highest BCUT2D eigenvalue weighted by molar-refractivity contribution is 5.69. The Morgan fingerprint density at radius 1 is 0.780 bits per heavy atom. The van der Waals surface area contributed by atoms with Crippen LogP contribution in [0.15, 0.2) is 103 Å². The molecule has 1 saturated heterocycles. The Hall–Kier alpha value is -3.52. The minimum Gasteiger partial charge on any atom is -0.462 e. The molecule has 6 heteroatoms. The van der Waals surface area contributed by atoms with Gasteiger partial charge in [0, 0.05) is 16.9 Å². The molecule has 0 spiro atoms. The minimum atomic E-state index is -1.35. The molecule has 6 rings (SSSR count). The Balaban J connectivity index is 1.26. The molecule has 1 aliphatic carbocycles. The first kappa shape index (κ1) is 27.6. The lowest BCUT2D eigenvalue weighted by Crippen LogP contribution is -2.41. The normalized spacial score (nSPS) is 23.3. The van der Waals surface area contributed by atoms with Gasteiger partial charge in [-0.05, 0) is 33.9 Å². The van der Waals surface area contributed by atoms with E-state index in [9.17, 15) is 15.3 Å². The summed E-state index contributed by atoms with van der Waals surface area (Å²) in [7, 11) is 0. The van der Waals surface area contributed by atoms with Crippen molar-refractivity contribution in [3.05, 3.63) is 137 Å². The van der Waals surface area contributed by atoms with Crippen LogP contribution < -0.4 is 4.74 Å². The standard InChI is InChI=1S/C35H36O6/c1-35(2)25-18-19-27(29(30(25)35)28(23-14-8-4-9-15-23)24-16-10-5-11-17-24)40-34-32(38)31(37)33(41-34)26(36)21-39-20-22-12-6-3-7-13-22/h3-19,26,28,31-34,36-38H,20-21H2,1-2H3/t26-,31-,32+,33-,34+/m1/s1. The van der Waals surface area contributed by atoms with Crippen LogP contribution in [0.1, 0.15) is 53.1 Å². The van der Waals surface area contributed by atoms with Gasteiger partial charge in [0.05, 0.1) is 13.2 Å². The molecule has 4 aromatic rings. The molecule has 0 bridgehead atoms. The summed E-state index contributed by atoms with van der Waals surface area (Å²) in [6.45, 7) is 4.66. The summed E-state index contributed by atoms with van der Waals surface area (Å²) < 4.78 is 18.0. The van der Waals surface area contributed by atoms with Gasteiger partial charge in [-0.3, -0.25) is 0 Å². The van der Waals surface area contributed by atoms with Gasteiger partial charge >= 0.3 is 0 Å². The Kier molecular flexibility index (Phi) is 7.68. The summed E-state index contributed by atoms with van der Waals surface area (Å²) in [5.41, 5.74) is 6.60. The van der Waals surface area contributed by atoms with Crippen LogP contribution in [0.4, 0.5) is 0 Å².